The van der Waals surface area contributed by atoms with E-state index in [0.29, 0.717) is 5.41 Å². The lowest BCUT2D eigenvalue weighted by Gasteiger charge is -2.31. The summed E-state index contributed by atoms with van der Waals surface area (Å²) >= 11 is 0. The van der Waals surface area contributed by atoms with Gasteiger partial charge < -0.3 is 10.5 Å². The van der Waals surface area contributed by atoms with Crippen molar-refractivity contribution in [1.82, 2.24) is 0 Å². The fourth-order valence-electron chi connectivity index (χ4n) is 3.17. The van der Waals surface area contributed by atoms with Gasteiger partial charge in [0.05, 0.1) is 7.11 Å². The van der Waals surface area contributed by atoms with Crippen LogP contribution in [0.3, 0.4) is 0 Å². The first-order chi connectivity index (χ1) is 8.86. The summed E-state index contributed by atoms with van der Waals surface area (Å²) in [6.45, 7) is 6.82. The van der Waals surface area contributed by atoms with E-state index in [-0.39, 0.29) is 5.54 Å². The van der Waals surface area contributed by atoms with Crippen molar-refractivity contribution in [1.29, 1.82) is 0 Å². The van der Waals surface area contributed by atoms with E-state index in [4.69, 9.17) is 10.5 Å². The van der Waals surface area contributed by atoms with E-state index in [1.807, 2.05) is 0 Å². The number of methoxy groups -OCH3 is 1. The molecule has 0 spiro atoms. The number of hydrogen-bond donors (Lipinski definition) is 1. The van der Waals surface area contributed by atoms with Crippen LogP contribution in [0.2, 0.25) is 0 Å². The van der Waals surface area contributed by atoms with Crippen molar-refractivity contribution in [3.05, 3.63) is 29.3 Å². The van der Waals surface area contributed by atoms with Gasteiger partial charge in [0.2, 0.25) is 0 Å². The van der Waals surface area contributed by atoms with Crippen LogP contribution in [0.15, 0.2) is 18.2 Å². The van der Waals surface area contributed by atoms with Gasteiger partial charge in [0, 0.05) is 11.1 Å². The normalized spacial score (nSPS) is 26.8. The fourth-order valence-corrected chi connectivity index (χ4v) is 3.17. The number of nitrogens with two attached hydrogens (primary N) is 1. The van der Waals surface area contributed by atoms with Crippen LogP contribution in [-0.4, -0.2) is 7.11 Å². The largest absolute Gasteiger partial charge is 0.496 e. The second-order valence-electron chi connectivity index (χ2n) is 6.88. The highest BCUT2D eigenvalue weighted by atomic mass is 16.5. The van der Waals surface area contributed by atoms with Gasteiger partial charge in [-0.25, -0.2) is 0 Å². The molecular formula is C17H27NO. The molecule has 1 unspecified atom stereocenters. The van der Waals surface area contributed by atoms with Crippen molar-refractivity contribution in [3.63, 3.8) is 0 Å². The Morgan fingerprint density at radius 3 is 2.53 bits per heavy atom. The molecule has 0 heterocycles. The molecule has 1 saturated carbocycles. The summed E-state index contributed by atoms with van der Waals surface area (Å²) < 4.78 is 5.53. The van der Waals surface area contributed by atoms with Crippen LogP contribution in [0.1, 0.15) is 57.1 Å². The van der Waals surface area contributed by atoms with Crippen LogP contribution in [0.5, 0.6) is 5.75 Å². The van der Waals surface area contributed by atoms with Crippen LogP contribution >= 0.6 is 0 Å². The van der Waals surface area contributed by atoms with Crippen molar-refractivity contribution >= 4 is 0 Å². The molecule has 0 saturated heterocycles. The number of rotatable bonds is 2. The first-order valence-corrected chi connectivity index (χ1v) is 7.30. The summed E-state index contributed by atoms with van der Waals surface area (Å²) in [5, 5.41) is 0. The van der Waals surface area contributed by atoms with Crippen molar-refractivity contribution in [2.75, 3.05) is 7.11 Å². The molecule has 1 aromatic carbocycles. The molecule has 2 heteroatoms. The van der Waals surface area contributed by atoms with E-state index >= 15 is 0 Å². The van der Waals surface area contributed by atoms with Gasteiger partial charge >= 0.3 is 0 Å². The molecule has 1 aliphatic rings. The summed E-state index contributed by atoms with van der Waals surface area (Å²) in [5.74, 6) is 0.938. The zero-order valence-corrected chi connectivity index (χ0v) is 12.8. The predicted molar refractivity (Wildman–Crippen MR) is 80.5 cm³/mol. The average Bonchev–Trinajstić information content (AvgIpc) is 2.49. The van der Waals surface area contributed by atoms with Gasteiger partial charge in [0.1, 0.15) is 5.75 Å². The quantitative estimate of drug-likeness (QED) is 0.812. The highest BCUT2D eigenvalue weighted by Crippen LogP contribution is 2.43. The van der Waals surface area contributed by atoms with Gasteiger partial charge in [-0.05, 0) is 44.1 Å². The number of aryl methyl sites for hydroxylation is 1. The smallest absolute Gasteiger partial charge is 0.123 e. The molecule has 0 bridgehead atoms. The first kappa shape index (κ1) is 14.4. The Labute approximate surface area is 117 Å². The minimum atomic E-state index is -0.231. The molecule has 1 fully saturated rings. The second-order valence-corrected chi connectivity index (χ2v) is 6.88. The molecule has 1 aliphatic carbocycles. The summed E-state index contributed by atoms with van der Waals surface area (Å²) in [6, 6.07) is 6.35. The predicted octanol–water partition coefficient (Wildman–Crippen LogP) is 4.15. The highest BCUT2D eigenvalue weighted by Gasteiger charge is 2.35. The van der Waals surface area contributed by atoms with Gasteiger partial charge in [-0.15, -0.1) is 0 Å². The van der Waals surface area contributed by atoms with E-state index in [0.717, 1.165) is 18.6 Å². The van der Waals surface area contributed by atoms with Crippen LogP contribution in [0, 0.1) is 12.3 Å². The third-order valence-corrected chi connectivity index (χ3v) is 4.62. The Morgan fingerprint density at radius 2 is 1.84 bits per heavy atom. The van der Waals surface area contributed by atoms with Crippen molar-refractivity contribution in [2.24, 2.45) is 11.1 Å². The second kappa shape index (κ2) is 5.16. The van der Waals surface area contributed by atoms with Crippen LogP contribution in [0.4, 0.5) is 0 Å². The van der Waals surface area contributed by atoms with Gasteiger partial charge in [-0.3, -0.25) is 0 Å². The average molecular weight is 261 g/mol. The Kier molecular flexibility index (Phi) is 3.91. The lowest BCUT2D eigenvalue weighted by molar-refractivity contribution is 0.295. The first-order valence-electron chi connectivity index (χ1n) is 7.30. The van der Waals surface area contributed by atoms with Crippen LogP contribution in [-0.2, 0) is 5.54 Å². The number of ether oxygens (including phenoxy) is 1. The minimum absolute atomic E-state index is 0.231. The Morgan fingerprint density at radius 1 is 1.11 bits per heavy atom. The van der Waals surface area contributed by atoms with E-state index in [1.54, 1.807) is 7.11 Å². The van der Waals surface area contributed by atoms with Crippen LogP contribution in [0.25, 0.3) is 0 Å². The zero-order chi connectivity index (χ0) is 14.1. The molecular weight excluding hydrogens is 234 g/mol. The fraction of sp³-hybridized carbons (Fsp3) is 0.647. The summed E-state index contributed by atoms with van der Waals surface area (Å²) in [6.07, 6.45) is 5.73. The zero-order valence-electron chi connectivity index (χ0n) is 12.8. The number of hydrogen-bond acceptors (Lipinski definition) is 2. The van der Waals surface area contributed by atoms with Gasteiger partial charge in [0.15, 0.2) is 0 Å². The van der Waals surface area contributed by atoms with Gasteiger partial charge in [0.25, 0.3) is 0 Å². The third kappa shape index (κ3) is 3.11. The minimum Gasteiger partial charge on any atom is -0.496 e. The summed E-state index contributed by atoms with van der Waals surface area (Å²) in [7, 11) is 1.73. The molecule has 2 rings (SSSR count). The summed E-state index contributed by atoms with van der Waals surface area (Å²) in [5.41, 5.74) is 9.39. The molecule has 1 atom stereocenters. The lowest BCUT2D eigenvalue weighted by Crippen LogP contribution is -2.36. The van der Waals surface area contributed by atoms with Crippen LogP contribution < -0.4 is 10.5 Å². The molecule has 0 radical (unpaired) electrons. The molecule has 106 valence electrons. The molecule has 2 nitrogen and oxygen atoms in total. The standard InChI is InChI=1S/C17H27NO/c1-13-6-7-15(19-4)14(12-13)17(18)9-5-8-16(2,3)10-11-17/h6-7,12H,5,8-11,18H2,1-4H3. The topological polar surface area (TPSA) is 35.2 Å². The monoisotopic (exact) mass is 261 g/mol. The van der Waals surface area contributed by atoms with Gasteiger partial charge in [-0.1, -0.05) is 38.0 Å². The van der Waals surface area contributed by atoms with Crippen molar-refractivity contribution in [3.8, 4) is 5.75 Å². The maximum atomic E-state index is 6.77. The third-order valence-electron chi connectivity index (χ3n) is 4.62. The Hall–Kier alpha value is -1.02. The maximum Gasteiger partial charge on any atom is 0.123 e. The van der Waals surface area contributed by atoms with Gasteiger partial charge in [-0.2, -0.15) is 0 Å². The maximum absolute atomic E-state index is 6.77. The van der Waals surface area contributed by atoms with E-state index < -0.39 is 0 Å². The van der Waals surface area contributed by atoms with E-state index in [2.05, 4.69) is 39.0 Å². The van der Waals surface area contributed by atoms with E-state index in [1.165, 1.54) is 30.4 Å². The molecule has 0 amide bonds. The highest BCUT2D eigenvalue weighted by molar-refractivity contribution is 5.42. The molecule has 0 aliphatic heterocycles. The number of benzene rings is 1. The summed E-state index contributed by atoms with van der Waals surface area (Å²) in [4.78, 5) is 0. The van der Waals surface area contributed by atoms with E-state index in [9.17, 15) is 0 Å². The molecule has 19 heavy (non-hydrogen) atoms. The Bertz CT molecular complexity index is 453. The molecule has 2 N–H and O–H groups in total. The lowest BCUT2D eigenvalue weighted by atomic mass is 9.80. The van der Waals surface area contributed by atoms with Crippen molar-refractivity contribution < 1.29 is 4.74 Å². The molecule has 0 aromatic heterocycles. The SMILES string of the molecule is COc1ccc(C)cc1C1(N)CCCC(C)(C)CC1. The molecule has 1 aromatic rings. The van der Waals surface area contributed by atoms with Crippen molar-refractivity contribution in [2.45, 2.75) is 58.4 Å². The Balaban J connectivity index is 2.36.